The Morgan fingerprint density at radius 3 is 2.41 bits per heavy atom. The zero-order chi connectivity index (χ0) is 24.5. The molecular weight excluding hydrogens is 474 g/mol. The predicted octanol–water partition coefficient (Wildman–Crippen LogP) is 5.97. The van der Waals surface area contributed by atoms with E-state index in [4.69, 9.17) is 16.1 Å². The van der Waals surface area contributed by atoms with Gasteiger partial charge in [0.15, 0.2) is 0 Å². The molecule has 34 heavy (non-hydrogen) atoms. The number of rotatable bonds is 6. The van der Waals surface area contributed by atoms with Gasteiger partial charge in [-0.15, -0.1) is 0 Å². The Hall–Kier alpha value is -3.62. The molecule has 1 heterocycles. The van der Waals surface area contributed by atoms with Crippen LogP contribution in [-0.4, -0.2) is 19.5 Å². The fraction of sp³-hybridized carbons (Fsp3) is 0.120. The molecule has 0 atom stereocenters. The average Bonchev–Trinajstić information content (AvgIpc) is 3.19. The van der Waals surface area contributed by atoms with Gasteiger partial charge in [-0.2, -0.15) is 0 Å². The number of aryl methyl sites for hydroxylation is 3. The Kier molecular flexibility index (Phi) is 6.45. The van der Waals surface area contributed by atoms with Gasteiger partial charge < -0.3 is 9.84 Å². The zero-order valence-electron chi connectivity index (χ0n) is 18.7. The lowest BCUT2D eigenvalue weighted by Gasteiger charge is -2.14. The number of carbonyl (C=O) groups excluding carboxylic acids is 1. The Balaban J connectivity index is 1.63. The van der Waals surface area contributed by atoms with Gasteiger partial charge in [-0.1, -0.05) is 64.8 Å². The van der Waals surface area contributed by atoms with Crippen molar-refractivity contribution in [2.45, 2.75) is 25.7 Å². The molecule has 7 nitrogen and oxygen atoms in total. The summed E-state index contributed by atoms with van der Waals surface area (Å²) < 4.78 is 34.0. The number of halogens is 1. The van der Waals surface area contributed by atoms with Crippen molar-refractivity contribution in [3.05, 3.63) is 94.2 Å². The third-order valence-electron chi connectivity index (χ3n) is 5.24. The topological polar surface area (TPSA) is 101 Å². The van der Waals surface area contributed by atoms with Crippen LogP contribution in [0, 0.1) is 20.8 Å². The number of hydrogen-bond acceptors (Lipinski definition) is 5. The van der Waals surface area contributed by atoms with Crippen LogP contribution in [0.4, 0.5) is 11.4 Å². The number of sulfonamides is 1. The molecule has 1 aromatic heterocycles. The second kappa shape index (κ2) is 9.32. The summed E-state index contributed by atoms with van der Waals surface area (Å²) in [6.07, 6.45) is 0. The molecule has 0 spiro atoms. The molecule has 0 aliphatic rings. The lowest BCUT2D eigenvalue weighted by Crippen LogP contribution is -2.16. The Morgan fingerprint density at radius 1 is 0.971 bits per heavy atom. The predicted molar refractivity (Wildman–Crippen MR) is 133 cm³/mol. The van der Waals surface area contributed by atoms with Crippen molar-refractivity contribution in [3.8, 4) is 11.3 Å². The van der Waals surface area contributed by atoms with E-state index in [1.165, 1.54) is 18.2 Å². The summed E-state index contributed by atoms with van der Waals surface area (Å²) in [4.78, 5) is 12.9. The molecule has 4 aromatic rings. The lowest BCUT2D eigenvalue weighted by molar-refractivity contribution is 0.102. The molecule has 0 radical (unpaired) electrons. The fourth-order valence-corrected chi connectivity index (χ4v) is 5.20. The number of nitrogens with one attached hydrogen (secondary N) is 2. The van der Waals surface area contributed by atoms with Crippen molar-refractivity contribution in [3.63, 3.8) is 0 Å². The van der Waals surface area contributed by atoms with E-state index in [1.807, 2.05) is 56.3 Å². The van der Waals surface area contributed by atoms with Gasteiger partial charge in [0.1, 0.15) is 21.9 Å². The number of nitrogens with zero attached hydrogens (tertiary/aromatic N) is 1. The minimum atomic E-state index is -4.01. The minimum Gasteiger partial charge on any atom is -0.360 e. The smallest absolute Gasteiger partial charge is 0.263 e. The van der Waals surface area contributed by atoms with E-state index in [0.717, 1.165) is 16.7 Å². The largest absolute Gasteiger partial charge is 0.360 e. The molecule has 0 saturated heterocycles. The van der Waals surface area contributed by atoms with Crippen LogP contribution in [0.15, 0.2) is 76.1 Å². The fourth-order valence-electron chi connectivity index (χ4n) is 3.54. The summed E-state index contributed by atoms with van der Waals surface area (Å²) in [5.41, 5.74) is 3.88. The van der Waals surface area contributed by atoms with E-state index in [-0.39, 0.29) is 21.2 Å². The van der Waals surface area contributed by atoms with Gasteiger partial charge in [0.05, 0.1) is 10.7 Å². The Labute approximate surface area is 202 Å². The summed E-state index contributed by atoms with van der Waals surface area (Å²) in [5.74, 6) is -0.139. The van der Waals surface area contributed by atoms with E-state index in [0.29, 0.717) is 17.1 Å². The third-order valence-corrected chi connectivity index (χ3v) is 7.09. The highest BCUT2D eigenvalue weighted by atomic mass is 35.5. The highest BCUT2D eigenvalue weighted by Crippen LogP contribution is 2.30. The van der Waals surface area contributed by atoms with Crippen molar-refractivity contribution < 1.29 is 17.7 Å². The monoisotopic (exact) mass is 495 g/mol. The SMILES string of the molecule is Cc1ccc(NS(=O)(=O)c2cc(NC(=O)c3c(-c4ccccc4)noc3C)ccc2Cl)c(C)c1. The van der Waals surface area contributed by atoms with Crippen molar-refractivity contribution in [2.75, 3.05) is 10.0 Å². The Morgan fingerprint density at radius 2 is 1.71 bits per heavy atom. The van der Waals surface area contributed by atoms with Crippen LogP contribution >= 0.6 is 11.6 Å². The van der Waals surface area contributed by atoms with Crippen LogP contribution in [0.5, 0.6) is 0 Å². The maximum Gasteiger partial charge on any atom is 0.263 e. The molecule has 0 saturated carbocycles. The molecule has 0 unspecified atom stereocenters. The van der Waals surface area contributed by atoms with E-state index in [1.54, 1.807) is 13.0 Å². The highest BCUT2D eigenvalue weighted by Gasteiger charge is 2.24. The van der Waals surface area contributed by atoms with Crippen LogP contribution in [0.2, 0.25) is 5.02 Å². The Bertz CT molecular complexity index is 1480. The van der Waals surface area contributed by atoms with Crippen LogP contribution in [0.1, 0.15) is 27.2 Å². The van der Waals surface area contributed by atoms with Crippen LogP contribution in [-0.2, 0) is 10.0 Å². The van der Waals surface area contributed by atoms with Crippen LogP contribution in [0.25, 0.3) is 11.3 Å². The summed E-state index contributed by atoms with van der Waals surface area (Å²) >= 11 is 6.22. The van der Waals surface area contributed by atoms with Gasteiger partial charge in [0.2, 0.25) is 0 Å². The quantitative estimate of drug-likeness (QED) is 0.343. The van der Waals surface area contributed by atoms with Gasteiger partial charge in [0.25, 0.3) is 15.9 Å². The summed E-state index contributed by atoms with van der Waals surface area (Å²) in [7, 11) is -4.01. The summed E-state index contributed by atoms with van der Waals surface area (Å²) in [6.45, 7) is 5.38. The lowest BCUT2D eigenvalue weighted by atomic mass is 10.1. The molecule has 0 bridgehead atoms. The first-order chi connectivity index (χ1) is 16.2. The van der Waals surface area contributed by atoms with Gasteiger partial charge in [-0.25, -0.2) is 8.42 Å². The molecular formula is C25H22ClN3O4S. The molecule has 9 heteroatoms. The van der Waals surface area contributed by atoms with Crippen LogP contribution in [0.3, 0.4) is 0 Å². The average molecular weight is 496 g/mol. The van der Waals surface area contributed by atoms with Crippen molar-refractivity contribution in [1.29, 1.82) is 0 Å². The molecule has 4 rings (SSSR count). The third kappa shape index (κ3) is 4.83. The van der Waals surface area contributed by atoms with Crippen molar-refractivity contribution in [1.82, 2.24) is 5.16 Å². The standard InChI is InChI=1S/C25H22ClN3O4S/c1-15-9-12-21(16(2)13-15)29-34(31,32)22-14-19(10-11-20(22)26)27-25(30)23-17(3)33-28-24(23)18-7-5-4-6-8-18/h4-14,29H,1-3H3,(H,27,30). The first kappa shape index (κ1) is 23.5. The zero-order valence-corrected chi connectivity index (χ0v) is 20.3. The van der Waals surface area contributed by atoms with Gasteiger partial charge in [-0.05, 0) is 50.6 Å². The molecule has 174 valence electrons. The summed E-state index contributed by atoms with van der Waals surface area (Å²) in [5, 5.41) is 6.78. The number of amides is 1. The van der Waals surface area contributed by atoms with Crippen molar-refractivity contribution in [2.24, 2.45) is 0 Å². The maximum atomic E-state index is 13.1. The second-order valence-corrected chi connectivity index (χ2v) is 9.91. The number of benzene rings is 3. The van der Waals surface area contributed by atoms with Gasteiger partial charge in [-0.3, -0.25) is 9.52 Å². The molecule has 1 amide bonds. The first-order valence-corrected chi connectivity index (χ1v) is 12.2. The van der Waals surface area contributed by atoms with E-state index < -0.39 is 15.9 Å². The first-order valence-electron chi connectivity index (χ1n) is 10.4. The molecule has 0 fully saturated rings. The molecule has 2 N–H and O–H groups in total. The molecule has 0 aliphatic carbocycles. The van der Waals surface area contributed by atoms with Crippen molar-refractivity contribution >= 4 is 38.9 Å². The second-order valence-electron chi connectivity index (χ2n) is 7.85. The number of anilines is 2. The van der Waals surface area contributed by atoms with Gasteiger partial charge in [0, 0.05) is 11.3 Å². The van der Waals surface area contributed by atoms with Crippen LogP contribution < -0.4 is 10.0 Å². The summed E-state index contributed by atoms with van der Waals surface area (Å²) in [6, 6.07) is 18.8. The van der Waals surface area contributed by atoms with E-state index >= 15 is 0 Å². The number of carbonyl (C=O) groups is 1. The maximum absolute atomic E-state index is 13.1. The molecule has 3 aromatic carbocycles. The minimum absolute atomic E-state index is 0.0291. The van der Waals surface area contributed by atoms with Gasteiger partial charge >= 0.3 is 0 Å². The molecule has 0 aliphatic heterocycles. The number of hydrogen-bond donors (Lipinski definition) is 2. The van der Waals surface area contributed by atoms with E-state index in [2.05, 4.69) is 15.2 Å². The number of aromatic nitrogens is 1. The van der Waals surface area contributed by atoms with E-state index in [9.17, 15) is 13.2 Å². The normalized spacial score (nSPS) is 11.3. The highest BCUT2D eigenvalue weighted by molar-refractivity contribution is 7.92.